The topological polar surface area (TPSA) is 29.0 Å². The summed E-state index contributed by atoms with van der Waals surface area (Å²) in [6.07, 6.45) is 19.6. The Kier molecular flexibility index (Phi) is 18.3. The van der Waals surface area contributed by atoms with Gasteiger partial charge in [0.1, 0.15) is 0 Å². The van der Waals surface area contributed by atoms with Crippen LogP contribution in [-0.2, 0) is 0 Å². The van der Waals surface area contributed by atoms with Gasteiger partial charge in [-0.25, -0.2) is 9.97 Å². The van der Waals surface area contributed by atoms with E-state index in [0.717, 1.165) is 43.5 Å². The zero-order valence-electron chi connectivity index (χ0n) is 44.0. The van der Waals surface area contributed by atoms with E-state index in [1.807, 2.05) is 11.3 Å². The van der Waals surface area contributed by atoms with Crippen molar-refractivity contribution in [3.8, 4) is 20.9 Å². The summed E-state index contributed by atoms with van der Waals surface area (Å²) in [4.78, 5) is 18.7. The summed E-state index contributed by atoms with van der Waals surface area (Å²) in [6.45, 7) is 9.17. The maximum absolute atomic E-state index is 14.5. The lowest BCUT2D eigenvalue weighted by Crippen LogP contribution is -2.48. The molecule has 0 N–H and O–H groups in total. The zero-order chi connectivity index (χ0) is 50.6. The molecule has 9 rings (SSSR count). The minimum absolute atomic E-state index is 0.0697. The molecule has 0 spiro atoms. The Morgan fingerprint density at radius 1 is 0.542 bits per heavy atom. The fraction of sp³-hybridized carbons (Fsp3) is 0.738. The molecule has 5 fully saturated rings. The molecular formula is C61H85F6N3S2. The maximum atomic E-state index is 14.5. The lowest BCUT2D eigenvalue weighted by atomic mass is 9.69. The Hall–Kier alpha value is -2.50. The Morgan fingerprint density at radius 3 is 1.57 bits per heavy atom. The van der Waals surface area contributed by atoms with Gasteiger partial charge in [-0.3, -0.25) is 4.90 Å². The molecule has 1 saturated heterocycles. The van der Waals surface area contributed by atoms with E-state index < -0.39 is 36.0 Å². The first-order valence-electron chi connectivity index (χ1n) is 29.1. The summed E-state index contributed by atoms with van der Waals surface area (Å²) in [5.74, 6) is -1.16. The molecule has 72 heavy (non-hydrogen) atoms. The third-order valence-electron chi connectivity index (χ3n) is 18.7. The van der Waals surface area contributed by atoms with E-state index in [-0.39, 0.29) is 25.7 Å². The molecule has 0 amide bonds. The molecule has 4 aliphatic carbocycles. The maximum Gasteiger partial charge on any atom is 0.391 e. The second-order valence-electron chi connectivity index (χ2n) is 23.8. The molecule has 4 heterocycles. The highest BCUT2D eigenvalue weighted by atomic mass is 32.1. The van der Waals surface area contributed by atoms with E-state index in [9.17, 15) is 26.3 Å². The summed E-state index contributed by atoms with van der Waals surface area (Å²) in [6, 6.07) is 15.0. The number of fused-ring (bicyclic) bond motifs is 4. The molecule has 0 radical (unpaired) electrons. The normalized spacial score (nSPS) is 28.5. The number of hydrogen-bond donors (Lipinski definition) is 0. The summed E-state index contributed by atoms with van der Waals surface area (Å²) in [7, 11) is 0. The van der Waals surface area contributed by atoms with Gasteiger partial charge in [0.25, 0.3) is 0 Å². The van der Waals surface area contributed by atoms with Gasteiger partial charge in [-0.05, 0) is 138 Å². The van der Waals surface area contributed by atoms with Crippen LogP contribution in [0.5, 0.6) is 0 Å². The van der Waals surface area contributed by atoms with Crippen molar-refractivity contribution in [2.45, 2.75) is 256 Å². The number of halogens is 6. The monoisotopic (exact) mass is 1040 g/mol. The van der Waals surface area contributed by atoms with Crippen LogP contribution in [0.1, 0.15) is 239 Å². The minimum Gasteiger partial charge on any atom is -0.294 e. The van der Waals surface area contributed by atoms with Crippen LogP contribution in [0.15, 0.2) is 36.4 Å². The van der Waals surface area contributed by atoms with Gasteiger partial charge in [0.2, 0.25) is 0 Å². The van der Waals surface area contributed by atoms with Crippen LogP contribution in [-0.4, -0.2) is 45.3 Å². The van der Waals surface area contributed by atoms with Crippen LogP contribution in [0.3, 0.4) is 0 Å². The van der Waals surface area contributed by atoms with Crippen molar-refractivity contribution in [1.29, 1.82) is 0 Å². The Bertz CT molecular complexity index is 2340. The van der Waals surface area contributed by atoms with Gasteiger partial charge in [-0.2, -0.15) is 26.3 Å². The standard InChI is InChI=1S/C61H85F6N3S2/c1-5-7-9-11-13-15-23-46(24-16-14-12-10-8-6-2)70-51-35-39(3)25-28-47(51)48-29-27-41(38-52(48)70)53-33-34-55(72-53)50-31-30-49(54-32-26-40(4)71-54)58-59(50)69-57(43-20-18-22-45(37-43)61(65,66)67)56(68-58)42-19-17-21-44(36-42)60(62,63)64/h26,30-34,39,41-48,51-52H,5-25,27-29,35-38H2,1-4H3. The number of likely N-dealkylation sites (tertiary alicyclic amines) is 1. The van der Waals surface area contributed by atoms with Crippen LogP contribution in [0.25, 0.3) is 31.9 Å². The van der Waals surface area contributed by atoms with Crippen molar-refractivity contribution in [2.75, 3.05) is 0 Å². The van der Waals surface area contributed by atoms with Gasteiger partial charge in [0.15, 0.2) is 0 Å². The summed E-state index contributed by atoms with van der Waals surface area (Å²) < 4.78 is 86.6. The lowest BCUT2D eigenvalue weighted by Gasteiger charge is -2.43. The van der Waals surface area contributed by atoms with Gasteiger partial charge in [-0.15, -0.1) is 22.7 Å². The summed E-state index contributed by atoms with van der Waals surface area (Å²) in [5, 5.41) is 0. The number of nitrogens with zero attached hydrogens (tertiary/aromatic N) is 3. The molecule has 0 bridgehead atoms. The quantitative estimate of drug-likeness (QED) is 0.0652. The predicted octanol–water partition coefficient (Wildman–Crippen LogP) is 20.3. The van der Waals surface area contributed by atoms with Gasteiger partial charge < -0.3 is 0 Å². The van der Waals surface area contributed by atoms with Crippen molar-refractivity contribution in [2.24, 2.45) is 29.6 Å². The molecule has 4 saturated carbocycles. The highest BCUT2D eigenvalue weighted by molar-refractivity contribution is 7.16. The number of benzene rings is 1. The molecule has 1 aliphatic heterocycles. The van der Waals surface area contributed by atoms with Gasteiger partial charge in [0, 0.05) is 60.6 Å². The summed E-state index contributed by atoms with van der Waals surface area (Å²) >= 11 is 3.50. The highest BCUT2D eigenvalue weighted by Gasteiger charge is 2.54. The molecule has 5 aliphatic rings. The number of aromatic nitrogens is 2. The molecule has 4 aromatic rings. The molecule has 3 nitrogen and oxygen atoms in total. The Labute approximate surface area is 436 Å². The smallest absolute Gasteiger partial charge is 0.294 e. The predicted molar refractivity (Wildman–Crippen MR) is 288 cm³/mol. The Morgan fingerprint density at radius 2 is 1.04 bits per heavy atom. The number of thiophene rings is 2. The average molecular weight is 1040 g/mol. The van der Waals surface area contributed by atoms with Crippen LogP contribution in [0.2, 0.25) is 0 Å². The van der Waals surface area contributed by atoms with E-state index in [0.29, 0.717) is 72.1 Å². The largest absolute Gasteiger partial charge is 0.391 e. The van der Waals surface area contributed by atoms with Gasteiger partial charge in [-0.1, -0.05) is 129 Å². The first-order valence-corrected chi connectivity index (χ1v) is 30.8. The summed E-state index contributed by atoms with van der Waals surface area (Å²) in [5.41, 5.74) is 4.14. The van der Waals surface area contributed by atoms with Crippen molar-refractivity contribution in [1.82, 2.24) is 14.9 Å². The van der Waals surface area contributed by atoms with E-state index >= 15 is 0 Å². The molecule has 1 aromatic carbocycles. The number of aryl methyl sites for hydroxylation is 1. The second kappa shape index (κ2) is 24.2. The molecule has 398 valence electrons. The van der Waals surface area contributed by atoms with Gasteiger partial charge in [0.05, 0.1) is 34.3 Å². The third-order valence-corrected chi connectivity index (χ3v) is 21.1. The lowest BCUT2D eigenvalue weighted by molar-refractivity contribution is -0.184. The zero-order valence-corrected chi connectivity index (χ0v) is 45.7. The molecule has 10 unspecified atom stereocenters. The van der Waals surface area contributed by atoms with E-state index in [1.54, 1.807) is 11.3 Å². The van der Waals surface area contributed by atoms with Crippen molar-refractivity contribution >= 4 is 33.7 Å². The Balaban J connectivity index is 1.06. The third kappa shape index (κ3) is 12.5. The van der Waals surface area contributed by atoms with Gasteiger partial charge >= 0.3 is 12.4 Å². The second-order valence-corrected chi connectivity index (χ2v) is 26.2. The number of alkyl halides is 6. The fourth-order valence-electron chi connectivity index (χ4n) is 15.0. The van der Waals surface area contributed by atoms with Crippen LogP contribution >= 0.6 is 22.7 Å². The number of hydrogen-bond acceptors (Lipinski definition) is 5. The average Bonchev–Trinajstić information content (AvgIpc) is 4.12. The number of rotatable bonds is 20. The van der Waals surface area contributed by atoms with Crippen molar-refractivity contribution < 1.29 is 26.3 Å². The SMILES string of the molecule is CCCCCCCCC(CCCCCCCC)N1C2CC(C)CCC2C2CCC(c3ccc(-c4ccc(-c5ccc(C)s5)c5nc(C6CCCC(C(F)(F)F)C6)c(C6CCCC(C(F)(F)F)C6)nc45)s3)CC21. The van der Waals surface area contributed by atoms with E-state index in [2.05, 4.69) is 69.0 Å². The molecule has 11 heteroatoms. The van der Waals surface area contributed by atoms with Crippen LogP contribution in [0.4, 0.5) is 26.3 Å². The number of unbranched alkanes of at least 4 members (excludes halogenated alkanes) is 10. The van der Waals surface area contributed by atoms with E-state index in [1.165, 1.54) is 133 Å². The van der Waals surface area contributed by atoms with Crippen molar-refractivity contribution in [3.63, 3.8) is 0 Å². The molecule has 3 aromatic heterocycles. The fourth-order valence-corrected chi connectivity index (χ4v) is 17.0. The van der Waals surface area contributed by atoms with Crippen LogP contribution in [0, 0.1) is 36.5 Å². The minimum atomic E-state index is -4.34. The highest BCUT2D eigenvalue weighted by Crippen LogP contribution is 2.56. The van der Waals surface area contributed by atoms with E-state index in [4.69, 9.17) is 9.97 Å². The molecular weight excluding hydrogens is 953 g/mol. The first-order chi connectivity index (χ1) is 34.7. The van der Waals surface area contributed by atoms with Crippen LogP contribution < -0.4 is 0 Å². The molecule has 10 atom stereocenters. The first kappa shape index (κ1) is 54.3. The van der Waals surface area contributed by atoms with Crippen molar-refractivity contribution in [3.05, 3.63) is 57.5 Å².